The van der Waals surface area contributed by atoms with Crippen LogP contribution in [0.5, 0.6) is 0 Å². The van der Waals surface area contributed by atoms with E-state index in [2.05, 4.69) is 10.4 Å². The third-order valence-corrected chi connectivity index (χ3v) is 3.63. The summed E-state index contributed by atoms with van der Waals surface area (Å²) in [7, 11) is 0. The van der Waals surface area contributed by atoms with E-state index in [0.29, 0.717) is 12.4 Å². The lowest BCUT2D eigenvalue weighted by atomic mass is 10.2. The number of amides is 1. The maximum Gasteiger partial charge on any atom is 0.249 e. The van der Waals surface area contributed by atoms with Gasteiger partial charge in [0.15, 0.2) is 0 Å². The maximum absolute atomic E-state index is 12.9. The van der Waals surface area contributed by atoms with Crippen molar-refractivity contribution in [2.75, 3.05) is 5.32 Å². The first-order chi connectivity index (χ1) is 12.1. The zero-order chi connectivity index (χ0) is 17.6. The van der Waals surface area contributed by atoms with Crippen molar-refractivity contribution in [3.05, 3.63) is 89.4 Å². The van der Waals surface area contributed by atoms with Gasteiger partial charge in [-0.3, -0.25) is 4.79 Å². The fourth-order valence-corrected chi connectivity index (χ4v) is 2.44. The third-order valence-electron chi connectivity index (χ3n) is 3.63. The molecule has 0 saturated heterocycles. The summed E-state index contributed by atoms with van der Waals surface area (Å²) in [4.78, 5) is 12.2. The fraction of sp³-hybridized carbons (Fsp3) is 0.100. The average molecular weight is 335 g/mol. The van der Waals surface area contributed by atoms with Gasteiger partial charge in [-0.05, 0) is 36.3 Å². The smallest absolute Gasteiger partial charge is 0.249 e. The molecule has 4 nitrogen and oxygen atoms in total. The molecule has 1 N–H and O–H groups in total. The van der Waals surface area contributed by atoms with E-state index in [1.165, 1.54) is 18.2 Å². The van der Waals surface area contributed by atoms with Crippen LogP contribution < -0.4 is 5.32 Å². The summed E-state index contributed by atoms with van der Waals surface area (Å²) >= 11 is 0. The minimum absolute atomic E-state index is 0.265. The van der Waals surface area contributed by atoms with Gasteiger partial charge in [0.2, 0.25) is 5.91 Å². The molecule has 1 heterocycles. The molecule has 2 aromatic carbocycles. The number of hydrogen-bond donors (Lipinski definition) is 1. The quantitative estimate of drug-likeness (QED) is 0.716. The minimum atomic E-state index is -0.304. The standard InChI is InChI=1S/C20H18FN3O/c1-15-13-19(24(23-15)14-17-5-3-2-4-6-17)22-20(25)12-9-16-7-10-18(21)11-8-16/h2-13H,14H2,1H3,(H,22,25)/b12-9+. The molecule has 5 heteroatoms. The van der Waals surface area contributed by atoms with Crippen LogP contribution in [0.4, 0.5) is 10.2 Å². The summed E-state index contributed by atoms with van der Waals surface area (Å²) in [5.74, 6) is 0.0653. The number of hydrogen-bond acceptors (Lipinski definition) is 2. The van der Waals surface area contributed by atoms with Crippen LogP contribution in [0.1, 0.15) is 16.8 Å². The summed E-state index contributed by atoms with van der Waals surface area (Å²) in [6.45, 7) is 2.46. The predicted octanol–water partition coefficient (Wildman–Crippen LogP) is 4.03. The highest BCUT2D eigenvalue weighted by Gasteiger charge is 2.08. The van der Waals surface area contributed by atoms with Crippen molar-refractivity contribution < 1.29 is 9.18 Å². The van der Waals surface area contributed by atoms with Gasteiger partial charge in [-0.15, -0.1) is 0 Å². The number of halogens is 1. The second kappa shape index (κ2) is 7.57. The van der Waals surface area contributed by atoms with Crippen molar-refractivity contribution >= 4 is 17.8 Å². The van der Waals surface area contributed by atoms with Crippen LogP contribution in [0.25, 0.3) is 6.08 Å². The summed E-state index contributed by atoms with van der Waals surface area (Å²) in [5, 5.41) is 7.26. The molecule has 0 fully saturated rings. The van der Waals surface area contributed by atoms with Gasteiger partial charge in [0.25, 0.3) is 0 Å². The molecule has 1 amide bonds. The molecular formula is C20H18FN3O. The molecule has 0 radical (unpaired) electrons. The molecule has 3 aromatic rings. The monoisotopic (exact) mass is 335 g/mol. The van der Waals surface area contributed by atoms with Gasteiger partial charge >= 0.3 is 0 Å². The van der Waals surface area contributed by atoms with Crippen LogP contribution in [0.15, 0.2) is 66.7 Å². The second-order valence-corrected chi connectivity index (χ2v) is 5.69. The molecule has 0 aliphatic heterocycles. The molecule has 25 heavy (non-hydrogen) atoms. The molecule has 0 aliphatic carbocycles. The zero-order valence-electron chi connectivity index (χ0n) is 13.8. The molecule has 0 atom stereocenters. The Labute approximate surface area is 145 Å². The summed E-state index contributed by atoms with van der Waals surface area (Å²) < 4.78 is 14.6. The van der Waals surface area contributed by atoms with E-state index in [9.17, 15) is 9.18 Å². The van der Waals surface area contributed by atoms with Gasteiger partial charge in [0.1, 0.15) is 11.6 Å². The molecule has 0 bridgehead atoms. The lowest BCUT2D eigenvalue weighted by Crippen LogP contribution is -2.13. The van der Waals surface area contributed by atoms with Crippen LogP contribution in [-0.4, -0.2) is 15.7 Å². The Kier molecular flexibility index (Phi) is 5.04. The number of aryl methyl sites for hydroxylation is 1. The van der Waals surface area contributed by atoms with Crippen molar-refractivity contribution in [1.82, 2.24) is 9.78 Å². The summed E-state index contributed by atoms with van der Waals surface area (Å²) in [6.07, 6.45) is 3.06. The number of nitrogens with one attached hydrogen (secondary N) is 1. The highest BCUT2D eigenvalue weighted by atomic mass is 19.1. The van der Waals surface area contributed by atoms with E-state index in [0.717, 1.165) is 16.8 Å². The molecule has 0 spiro atoms. The highest BCUT2D eigenvalue weighted by molar-refractivity contribution is 6.01. The van der Waals surface area contributed by atoms with E-state index in [1.807, 2.05) is 43.3 Å². The Morgan fingerprint density at radius 2 is 1.88 bits per heavy atom. The van der Waals surface area contributed by atoms with E-state index < -0.39 is 0 Å². The van der Waals surface area contributed by atoms with Crippen molar-refractivity contribution in [2.45, 2.75) is 13.5 Å². The Bertz CT molecular complexity index is 883. The first-order valence-electron chi connectivity index (χ1n) is 7.93. The Morgan fingerprint density at radius 1 is 1.16 bits per heavy atom. The van der Waals surface area contributed by atoms with Crippen LogP contribution in [-0.2, 0) is 11.3 Å². The molecule has 0 unspecified atom stereocenters. The van der Waals surface area contributed by atoms with Gasteiger partial charge < -0.3 is 5.32 Å². The summed E-state index contributed by atoms with van der Waals surface area (Å²) in [6, 6.07) is 17.7. The van der Waals surface area contributed by atoms with E-state index in [4.69, 9.17) is 0 Å². The maximum atomic E-state index is 12.9. The molecule has 0 saturated carbocycles. The fourth-order valence-electron chi connectivity index (χ4n) is 2.44. The Morgan fingerprint density at radius 3 is 2.60 bits per heavy atom. The normalized spacial score (nSPS) is 11.0. The zero-order valence-corrected chi connectivity index (χ0v) is 13.8. The first kappa shape index (κ1) is 16.6. The lowest BCUT2D eigenvalue weighted by molar-refractivity contribution is -0.111. The number of nitrogens with zero attached hydrogens (tertiary/aromatic N) is 2. The molecule has 1 aromatic heterocycles. The number of rotatable bonds is 5. The van der Waals surface area contributed by atoms with Gasteiger partial charge in [-0.1, -0.05) is 42.5 Å². The third kappa shape index (κ3) is 4.64. The predicted molar refractivity (Wildman–Crippen MR) is 96.6 cm³/mol. The number of benzene rings is 2. The number of carbonyl (C=O) groups is 1. The molecular weight excluding hydrogens is 317 g/mol. The van der Waals surface area contributed by atoms with Gasteiger partial charge in [0, 0.05) is 12.1 Å². The van der Waals surface area contributed by atoms with Crippen molar-refractivity contribution in [3.8, 4) is 0 Å². The number of carbonyl (C=O) groups excluding carboxylic acids is 1. The van der Waals surface area contributed by atoms with E-state index >= 15 is 0 Å². The highest BCUT2D eigenvalue weighted by Crippen LogP contribution is 2.13. The Hall–Kier alpha value is -3.21. The van der Waals surface area contributed by atoms with Crippen LogP contribution >= 0.6 is 0 Å². The first-order valence-corrected chi connectivity index (χ1v) is 7.93. The number of aromatic nitrogens is 2. The molecule has 0 aliphatic rings. The minimum Gasteiger partial charge on any atom is -0.307 e. The molecule has 3 rings (SSSR count). The van der Waals surface area contributed by atoms with Crippen LogP contribution in [0.3, 0.4) is 0 Å². The second-order valence-electron chi connectivity index (χ2n) is 5.69. The topological polar surface area (TPSA) is 46.9 Å². The van der Waals surface area contributed by atoms with Crippen LogP contribution in [0, 0.1) is 12.7 Å². The lowest BCUT2D eigenvalue weighted by Gasteiger charge is -2.07. The SMILES string of the molecule is Cc1cc(NC(=O)/C=C/c2ccc(F)cc2)n(Cc2ccccc2)n1. The van der Waals surface area contributed by atoms with Crippen molar-refractivity contribution in [2.24, 2.45) is 0 Å². The molecule has 126 valence electrons. The van der Waals surface area contributed by atoms with Gasteiger partial charge in [-0.2, -0.15) is 5.10 Å². The van der Waals surface area contributed by atoms with Gasteiger partial charge in [-0.25, -0.2) is 9.07 Å². The van der Waals surface area contributed by atoms with Crippen molar-refractivity contribution in [1.29, 1.82) is 0 Å². The van der Waals surface area contributed by atoms with Crippen molar-refractivity contribution in [3.63, 3.8) is 0 Å². The summed E-state index contributed by atoms with van der Waals surface area (Å²) in [5.41, 5.74) is 2.68. The number of anilines is 1. The van der Waals surface area contributed by atoms with Crippen LogP contribution in [0.2, 0.25) is 0 Å². The van der Waals surface area contributed by atoms with E-state index in [-0.39, 0.29) is 11.7 Å². The Balaban J connectivity index is 1.70. The largest absolute Gasteiger partial charge is 0.307 e. The van der Waals surface area contributed by atoms with E-state index in [1.54, 1.807) is 22.9 Å². The average Bonchev–Trinajstić information content (AvgIpc) is 2.94. The van der Waals surface area contributed by atoms with Gasteiger partial charge in [0.05, 0.1) is 12.2 Å².